The Kier molecular flexibility index (Phi) is 4.06. The smallest absolute Gasteiger partial charge is 0.224 e. The van der Waals surface area contributed by atoms with Gasteiger partial charge in [-0.3, -0.25) is 0 Å². The van der Waals surface area contributed by atoms with Gasteiger partial charge in [-0.15, -0.1) is 0 Å². The van der Waals surface area contributed by atoms with E-state index in [2.05, 4.69) is 35.8 Å². The molecule has 1 aliphatic rings. The summed E-state index contributed by atoms with van der Waals surface area (Å²) in [7, 11) is 6.16. The number of ether oxygens (including phenoxy) is 1. The fourth-order valence-corrected chi connectivity index (χ4v) is 2.49. The zero-order chi connectivity index (χ0) is 14.0. The van der Waals surface area contributed by atoms with Crippen LogP contribution in [0.25, 0.3) is 0 Å². The minimum Gasteiger partial charge on any atom is -0.469 e. The molecule has 0 spiro atoms. The second-order valence-corrected chi connectivity index (χ2v) is 6.01. The Bertz CT molecular complexity index is 478. The summed E-state index contributed by atoms with van der Waals surface area (Å²) >= 11 is 5.50. The Labute approximate surface area is 120 Å². The van der Waals surface area contributed by atoms with E-state index in [1.807, 2.05) is 19.2 Å². The number of fused-ring (bicyclic) bond motifs is 1. The lowest BCUT2D eigenvalue weighted by Crippen LogP contribution is -2.45. The van der Waals surface area contributed by atoms with Crippen molar-refractivity contribution in [2.45, 2.75) is 18.9 Å². The third-order valence-corrected chi connectivity index (χ3v) is 3.88. The first kappa shape index (κ1) is 14.2. The lowest BCUT2D eigenvalue weighted by atomic mass is 10.0. The number of hydrogen-bond acceptors (Lipinski definition) is 4. The number of rotatable bonds is 3. The minimum atomic E-state index is -0.275. The van der Waals surface area contributed by atoms with E-state index in [0.29, 0.717) is 5.88 Å². The molecule has 0 saturated carbocycles. The van der Waals surface area contributed by atoms with Crippen molar-refractivity contribution in [3.8, 4) is 5.88 Å². The first-order chi connectivity index (χ1) is 8.91. The number of pyridine rings is 1. The van der Waals surface area contributed by atoms with Crippen molar-refractivity contribution in [1.29, 1.82) is 0 Å². The Morgan fingerprint density at radius 2 is 2.26 bits per heavy atom. The first-order valence-corrected chi connectivity index (χ1v) is 6.86. The van der Waals surface area contributed by atoms with Crippen molar-refractivity contribution in [3.05, 3.63) is 23.9 Å². The van der Waals surface area contributed by atoms with E-state index in [1.54, 1.807) is 6.20 Å². The molecular formula is C14H21N3OS. The topological polar surface area (TPSA) is 28.6 Å². The van der Waals surface area contributed by atoms with Crippen molar-refractivity contribution in [2.75, 3.05) is 34.2 Å². The van der Waals surface area contributed by atoms with Crippen LogP contribution in [0.5, 0.6) is 5.88 Å². The van der Waals surface area contributed by atoms with E-state index in [9.17, 15) is 0 Å². The van der Waals surface area contributed by atoms with Crippen molar-refractivity contribution in [2.24, 2.45) is 0 Å². The maximum Gasteiger partial charge on any atom is 0.224 e. The summed E-state index contributed by atoms with van der Waals surface area (Å²) in [5, 5.41) is 0. The fraction of sp³-hybridized carbons (Fsp3) is 0.571. The van der Waals surface area contributed by atoms with Crippen LogP contribution in [-0.2, 0) is 0 Å². The Hall–Kier alpha value is -1.20. The molecule has 5 heteroatoms. The van der Waals surface area contributed by atoms with Crippen LogP contribution in [0, 0.1) is 0 Å². The SMILES string of the molecule is CN(C)CCC1(C)CN(C)C(=S)c2cccnc2O1. The maximum atomic E-state index is 6.17. The average molecular weight is 279 g/mol. The van der Waals surface area contributed by atoms with Crippen LogP contribution in [0.4, 0.5) is 0 Å². The molecule has 1 aromatic rings. The molecular weight excluding hydrogens is 258 g/mol. The highest BCUT2D eigenvalue weighted by atomic mass is 32.1. The van der Waals surface area contributed by atoms with Crippen LogP contribution in [0.15, 0.2) is 18.3 Å². The molecule has 0 N–H and O–H groups in total. The van der Waals surface area contributed by atoms with Gasteiger partial charge >= 0.3 is 0 Å². The molecule has 1 aromatic heterocycles. The molecule has 0 amide bonds. The average Bonchev–Trinajstić information content (AvgIpc) is 2.44. The molecule has 1 atom stereocenters. The summed E-state index contributed by atoms with van der Waals surface area (Å²) < 4.78 is 6.17. The van der Waals surface area contributed by atoms with Gasteiger partial charge in [0.25, 0.3) is 0 Å². The summed E-state index contributed by atoms with van der Waals surface area (Å²) in [6, 6.07) is 3.86. The number of likely N-dealkylation sites (N-methyl/N-ethyl adjacent to an activating group) is 1. The van der Waals surface area contributed by atoms with Crippen molar-refractivity contribution in [3.63, 3.8) is 0 Å². The molecule has 1 unspecified atom stereocenters. The van der Waals surface area contributed by atoms with Gasteiger partial charge in [0.15, 0.2) is 0 Å². The Morgan fingerprint density at radius 1 is 1.53 bits per heavy atom. The van der Waals surface area contributed by atoms with Gasteiger partial charge in [0.1, 0.15) is 10.6 Å². The van der Waals surface area contributed by atoms with Gasteiger partial charge in [0, 0.05) is 26.2 Å². The lowest BCUT2D eigenvalue weighted by molar-refractivity contribution is 0.0539. The van der Waals surface area contributed by atoms with Crippen LogP contribution in [0.1, 0.15) is 18.9 Å². The third kappa shape index (κ3) is 3.22. The molecule has 2 heterocycles. The van der Waals surface area contributed by atoms with Crippen LogP contribution < -0.4 is 4.74 Å². The van der Waals surface area contributed by atoms with Crippen LogP contribution in [0.2, 0.25) is 0 Å². The van der Waals surface area contributed by atoms with Crippen molar-refractivity contribution < 1.29 is 4.74 Å². The Morgan fingerprint density at radius 3 is 2.95 bits per heavy atom. The monoisotopic (exact) mass is 279 g/mol. The number of nitrogens with zero attached hydrogens (tertiary/aromatic N) is 3. The molecule has 4 nitrogen and oxygen atoms in total. The fourth-order valence-electron chi connectivity index (χ4n) is 2.27. The molecule has 1 aliphatic heterocycles. The molecule has 104 valence electrons. The number of aromatic nitrogens is 1. The van der Waals surface area contributed by atoms with E-state index in [-0.39, 0.29) is 5.60 Å². The van der Waals surface area contributed by atoms with E-state index in [0.717, 1.165) is 30.1 Å². The minimum absolute atomic E-state index is 0.275. The van der Waals surface area contributed by atoms with E-state index in [1.165, 1.54) is 0 Å². The molecule has 2 rings (SSSR count). The van der Waals surface area contributed by atoms with Crippen molar-refractivity contribution >= 4 is 17.2 Å². The maximum absolute atomic E-state index is 6.17. The van der Waals surface area contributed by atoms with Crippen molar-refractivity contribution in [1.82, 2.24) is 14.8 Å². The largest absolute Gasteiger partial charge is 0.469 e. The molecule has 0 aliphatic carbocycles. The lowest BCUT2D eigenvalue weighted by Gasteiger charge is -2.32. The zero-order valence-corrected chi connectivity index (χ0v) is 12.8. The van der Waals surface area contributed by atoms with Gasteiger partial charge in [0.2, 0.25) is 5.88 Å². The summed E-state index contributed by atoms with van der Waals surface area (Å²) in [5.74, 6) is 0.651. The third-order valence-electron chi connectivity index (χ3n) is 3.35. The normalized spacial score (nSPS) is 23.0. The predicted octanol–water partition coefficient (Wildman–Crippen LogP) is 1.79. The molecule has 0 fully saturated rings. The summed E-state index contributed by atoms with van der Waals surface area (Å²) in [6.07, 6.45) is 2.68. The van der Waals surface area contributed by atoms with E-state index in [4.69, 9.17) is 17.0 Å². The summed E-state index contributed by atoms with van der Waals surface area (Å²) in [6.45, 7) is 3.87. The first-order valence-electron chi connectivity index (χ1n) is 6.45. The number of hydrogen-bond donors (Lipinski definition) is 0. The van der Waals surface area contributed by atoms with Gasteiger partial charge in [0.05, 0.1) is 12.1 Å². The molecule has 0 aromatic carbocycles. The predicted molar refractivity (Wildman–Crippen MR) is 80.8 cm³/mol. The highest BCUT2D eigenvalue weighted by Crippen LogP contribution is 2.29. The second kappa shape index (κ2) is 5.43. The standard InChI is InChI=1S/C14H21N3OS/c1-14(7-9-16(2)3)10-17(4)13(19)11-6-5-8-15-12(11)18-14/h5-6,8H,7,9-10H2,1-4H3. The van der Waals surface area contributed by atoms with Gasteiger partial charge < -0.3 is 14.5 Å². The summed E-state index contributed by atoms with van der Waals surface area (Å²) in [5.41, 5.74) is 0.636. The summed E-state index contributed by atoms with van der Waals surface area (Å²) in [4.78, 5) is 9.38. The van der Waals surface area contributed by atoms with Crippen LogP contribution >= 0.6 is 12.2 Å². The van der Waals surface area contributed by atoms with Crippen LogP contribution in [-0.4, -0.2) is 59.6 Å². The molecule has 19 heavy (non-hydrogen) atoms. The van der Waals surface area contributed by atoms with Gasteiger partial charge in [-0.2, -0.15) is 0 Å². The molecule has 0 radical (unpaired) electrons. The Balaban J connectivity index is 2.29. The van der Waals surface area contributed by atoms with Gasteiger partial charge in [-0.1, -0.05) is 12.2 Å². The van der Waals surface area contributed by atoms with Gasteiger partial charge in [-0.25, -0.2) is 4.98 Å². The highest BCUT2D eigenvalue weighted by molar-refractivity contribution is 7.80. The van der Waals surface area contributed by atoms with Crippen LogP contribution in [0.3, 0.4) is 0 Å². The number of thiocarbonyl (C=S) groups is 1. The molecule has 0 bridgehead atoms. The van der Waals surface area contributed by atoms with E-state index >= 15 is 0 Å². The second-order valence-electron chi connectivity index (χ2n) is 5.62. The van der Waals surface area contributed by atoms with Gasteiger partial charge in [-0.05, 0) is 33.2 Å². The van der Waals surface area contributed by atoms with E-state index < -0.39 is 0 Å². The highest BCUT2D eigenvalue weighted by Gasteiger charge is 2.34. The zero-order valence-electron chi connectivity index (χ0n) is 12.0. The molecule has 0 saturated heterocycles. The quantitative estimate of drug-likeness (QED) is 0.787.